The Balaban J connectivity index is 1.58. The van der Waals surface area contributed by atoms with E-state index in [9.17, 15) is 4.79 Å². The lowest BCUT2D eigenvalue weighted by atomic mass is 9.40. The molecule has 0 aromatic heterocycles. The Morgan fingerprint density at radius 2 is 2.03 bits per heavy atom. The van der Waals surface area contributed by atoms with E-state index in [-0.39, 0.29) is 22.5 Å². The van der Waals surface area contributed by atoms with Gasteiger partial charge in [0.15, 0.2) is 11.5 Å². The Labute approximate surface area is 191 Å². The maximum absolute atomic E-state index is 12.3. The van der Waals surface area contributed by atoms with Crippen LogP contribution in [0.3, 0.4) is 0 Å². The fourth-order valence-corrected chi connectivity index (χ4v) is 8.17. The molecule has 0 radical (unpaired) electrons. The van der Waals surface area contributed by atoms with Crippen LogP contribution in [0.15, 0.2) is 12.1 Å². The summed E-state index contributed by atoms with van der Waals surface area (Å²) in [5.74, 6) is 2.95. The summed E-state index contributed by atoms with van der Waals surface area (Å²) in [5.41, 5.74) is 2.39. The molecule has 0 amide bonds. The number of methoxy groups -OCH3 is 2. The van der Waals surface area contributed by atoms with Gasteiger partial charge in [-0.1, -0.05) is 6.07 Å². The lowest BCUT2D eigenvalue weighted by Crippen LogP contribution is -2.75. The van der Waals surface area contributed by atoms with E-state index in [1.807, 2.05) is 7.11 Å². The Bertz CT molecular complexity index is 957. The van der Waals surface area contributed by atoms with Gasteiger partial charge in [0.1, 0.15) is 17.5 Å². The van der Waals surface area contributed by atoms with Crippen LogP contribution in [0.4, 0.5) is 0 Å². The van der Waals surface area contributed by atoms with Crippen LogP contribution in [0.2, 0.25) is 0 Å². The third kappa shape index (κ3) is 2.55. The van der Waals surface area contributed by atoms with E-state index >= 15 is 0 Å². The van der Waals surface area contributed by atoms with Crippen molar-refractivity contribution in [2.75, 3.05) is 27.3 Å². The highest BCUT2D eigenvalue weighted by molar-refractivity contribution is 5.75. The second-order valence-corrected chi connectivity index (χ2v) is 11.4. The molecule has 3 aliphatic carbocycles. The van der Waals surface area contributed by atoms with Gasteiger partial charge in [0, 0.05) is 42.5 Å². The third-order valence-corrected chi connectivity index (χ3v) is 9.93. The highest BCUT2D eigenvalue weighted by Crippen LogP contribution is 2.72. The first kappa shape index (κ1) is 21.0. The maximum Gasteiger partial charge on any atom is 0.165 e. The van der Waals surface area contributed by atoms with Gasteiger partial charge >= 0.3 is 0 Å². The monoisotopic (exact) mass is 439 g/mol. The van der Waals surface area contributed by atoms with Crippen LogP contribution in [0.1, 0.15) is 69.9 Å². The van der Waals surface area contributed by atoms with Crippen LogP contribution in [-0.4, -0.2) is 55.7 Å². The zero-order valence-corrected chi connectivity index (χ0v) is 20.0. The van der Waals surface area contributed by atoms with Gasteiger partial charge in [-0.2, -0.15) is 0 Å². The topological polar surface area (TPSA) is 48.0 Å². The number of likely N-dealkylation sites (tertiary alicyclic amines) is 1. The second kappa shape index (κ2) is 6.96. The Hall–Kier alpha value is -1.59. The van der Waals surface area contributed by atoms with Crippen molar-refractivity contribution in [1.82, 2.24) is 4.90 Å². The van der Waals surface area contributed by atoms with Gasteiger partial charge < -0.3 is 19.0 Å². The SMILES string of the molecule is COc1ccc2c3c1O[C@@H]1C34CCN(CC3CC3)[C@H](C2)[C@@]4(CCC(C)=O)CC[C@@]1(C)OC. The largest absolute Gasteiger partial charge is 0.493 e. The number of Topliss-reactive ketones (excluding diaryl/α,β-unsaturated/α-hetero) is 1. The molecule has 3 fully saturated rings. The van der Waals surface area contributed by atoms with Crippen LogP contribution in [0, 0.1) is 11.3 Å². The van der Waals surface area contributed by atoms with Crippen LogP contribution in [-0.2, 0) is 21.4 Å². The first-order chi connectivity index (χ1) is 15.4. The number of ketones is 1. The summed E-state index contributed by atoms with van der Waals surface area (Å²) < 4.78 is 18.9. The number of ether oxygens (including phenoxy) is 3. The van der Waals surface area contributed by atoms with Gasteiger partial charge in [0.25, 0.3) is 0 Å². The first-order valence-electron chi connectivity index (χ1n) is 12.5. The molecule has 1 aromatic carbocycles. The predicted octanol–water partition coefficient (Wildman–Crippen LogP) is 4.29. The van der Waals surface area contributed by atoms with Crippen molar-refractivity contribution in [1.29, 1.82) is 0 Å². The lowest BCUT2D eigenvalue weighted by Gasteiger charge is -2.68. The molecule has 2 saturated carbocycles. The normalized spacial score (nSPS) is 39.4. The first-order valence-corrected chi connectivity index (χ1v) is 12.5. The van der Waals surface area contributed by atoms with Gasteiger partial charge in [-0.05, 0) is 82.9 Å². The van der Waals surface area contributed by atoms with Crippen molar-refractivity contribution in [2.45, 2.75) is 88.4 Å². The molecule has 1 saturated heterocycles. The van der Waals surface area contributed by atoms with E-state index in [1.54, 1.807) is 14.0 Å². The van der Waals surface area contributed by atoms with Crippen molar-refractivity contribution in [3.05, 3.63) is 23.3 Å². The average molecular weight is 440 g/mol. The highest BCUT2D eigenvalue weighted by atomic mass is 16.6. The molecule has 6 rings (SSSR count). The minimum atomic E-state index is -0.346. The smallest absolute Gasteiger partial charge is 0.165 e. The molecule has 1 unspecified atom stereocenters. The number of hydrogen-bond acceptors (Lipinski definition) is 5. The van der Waals surface area contributed by atoms with Crippen molar-refractivity contribution < 1.29 is 19.0 Å². The van der Waals surface area contributed by atoms with E-state index in [1.165, 1.54) is 30.5 Å². The number of carbonyl (C=O) groups is 1. The molecule has 5 heteroatoms. The summed E-state index contributed by atoms with van der Waals surface area (Å²) >= 11 is 0. The van der Waals surface area contributed by atoms with Crippen LogP contribution in [0.25, 0.3) is 0 Å². The number of hydrogen-bond donors (Lipinski definition) is 0. The van der Waals surface area contributed by atoms with E-state index in [4.69, 9.17) is 14.2 Å². The predicted molar refractivity (Wildman–Crippen MR) is 122 cm³/mol. The summed E-state index contributed by atoms with van der Waals surface area (Å²) in [4.78, 5) is 15.1. The van der Waals surface area contributed by atoms with Crippen molar-refractivity contribution >= 4 is 5.78 Å². The van der Waals surface area contributed by atoms with Gasteiger partial charge in [0.2, 0.25) is 0 Å². The third-order valence-electron chi connectivity index (χ3n) is 9.93. The lowest BCUT2D eigenvalue weighted by molar-refractivity contribution is -0.206. The molecule has 5 atom stereocenters. The molecule has 174 valence electrons. The van der Waals surface area contributed by atoms with E-state index in [0.717, 1.165) is 56.1 Å². The Kier molecular flexibility index (Phi) is 4.56. The van der Waals surface area contributed by atoms with Gasteiger partial charge in [-0.15, -0.1) is 0 Å². The second-order valence-electron chi connectivity index (χ2n) is 11.4. The van der Waals surface area contributed by atoms with E-state index in [2.05, 4.69) is 24.0 Å². The van der Waals surface area contributed by atoms with Crippen LogP contribution >= 0.6 is 0 Å². The molecule has 2 aliphatic heterocycles. The summed E-state index contributed by atoms with van der Waals surface area (Å²) in [6, 6.07) is 4.85. The fourth-order valence-electron chi connectivity index (χ4n) is 8.17. The summed E-state index contributed by atoms with van der Waals surface area (Å²) in [6.07, 6.45) is 8.49. The molecule has 5 nitrogen and oxygen atoms in total. The van der Waals surface area contributed by atoms with Crippen LogP contribution in [0.5, 0.6) is 11.5 Å². The van der Waals surface area contributed by atoms with Crippen molar-refractivity contribution in [2.24, 2.45) is 11.3 Å². The molecule has 2 bridgehead atoms. The summed E-state index contributed by atoms with van der Waals surface area (Å²) in [6.45, 7) is 6.31. The maximum atomic E-state index is 12.3. The summed E-state index contributed by atoms with van der Waals surface area (Å²) in [7, 11) is 3.58. The number of benzene rings is 1. The zero-order valence-electron chi connectivity index (χ0n) is 20.0. The Morgan fingerprint density at radius 1 is 1.22 bits per heavy atom. The number of piperidine rings is 1. The minimum Gasteiger partial charge on any atom is -0.493 e. The average Bonchev–Trinajstić information content (AvgIpc) is 3.53. The fraction of sp³-hybridized carbons (Fsp3) is 0.741. The summed E-state index contributed by atoms with van der Waals surface area (Å²) in [5, 5.41) is 0. The van der Waals surface area contributed by atoms with Gasteiger partial charge in [-0.25, -0.2) is 0 Å². The van der Waals surface area contributed by atoms with Gasteiger partial charge in [-0.3, -0.25) is 4.90 Å². The molecule has 5 aliphatic rings. The molecule has 0 N–H and O–H groups in total. The highest BCUT2D eigenvalue weighted by Gasteiger charge is 2.75. The minimum absolute atomic E-state index is 0.0408. The van der Waals surface area contributed by atoms with Crippen molar-refractivity contribution in [3.8, 4) is 11.5 Å². The van der Waals surface area contributed by atoms with E-state index < -0.39 is 0 Å². The number of nitrogens with zero attached hydrogens (tertiary/aromatic N) is 1. The Morgan fingerprint density at radius 3 is 2.72 bits per heavy atom. The molecule has 32 heavy (non-hydrogen) atoms. The van der Waals surface area contributed by atoms with Crippen molar-refractivity contribution in [3.63, 3.8) is 0 Å². The van der Waals surface area contributed by atoms with E-state index in [0.29, 0.717) is 18.2 Å². The molecule has 2 heterocycles. The van der Waals surface area contributed by atoms with Gasteiger partial charge in [0.05, 0.1) is 7.11 Å². The van der Waals surface area contributed by atoms with Crippen LogP contribution < -0.4 is 9.47 Å². The molecular weight excluding hydrogens is 402 g/mol. The number of rotatable bonds is 7. The molecule has 1 aromatic rings. The standard InChI is InChI=1S/C27H37NO4/c1-17(29)9-10-26-12-11-25(2,31-4)24-27(26)13-14-28(16-18-5-6-18)21(26)15-19-7-8-20(30-3)23(32-24)22(19)27/h7-8,18,21,24H,5-6,9-16H2,1-4H3/t21-,24+,25-,26-,27?/m1/s1. The molecule has 1 spiro atoms. The number of carbonyl (C=O) groups excluding carboxylic acids is 1. The quantitative estimate of drug-likeness (QED) is 0.634. The molecular formula is C27H37NO4. The zero-order chi connectivity index (χ0) is 22.3.